The zero-order valence-corrected chi connectivity index (χ0v) is 14.0. The number of hydrogen-bond acceptors (Lipinski definition) is 3. The Labute approximate surface area is 134 Å². The molecule has 20 heavy (non-hydrogen) atoms. The van der Waals surface area contributed by atoms with E-state index in [1.807, 2.05) is 6.07 Å². The van der Waals surface area contributed by atoms with Crippen molar-refractivity contribution in [2.24, 2.45) is 5.92 Å². The van der Waals surface area contributed by atoms with E-state index in [2.05, 4.69) is 31.1 Å². The smallest absolute Gasteiger partial charge is 0.127 e. The normalized spacial score (nSPS) is 27.1. The summed E-state index contributed by atoms with van der Waals surface area (Å²) in [4.78, 5) is 7.03. The molecule has 0 aromatic carbocycles. The van der Waals surface area contributed by atoms with Crippen molar-refractivity contribution in [3.8, 4) is 0 Å². The predicted octanol–water partition coefficient (Wildman–Crippen LogP) is 4.17. The number of likely N-dealkylation sites (tertiary alicyclic amines) is 1. The molecule has 2 atom stereocenters. The highest BCUT2D eigenvalue weighted by Crippen LogP contribution is 2.31. The van der Waals surface area contributed by atoms with Gasteiger partial charge in [0.15, 0.2) is 0 Å². The standard InChI is InChI=1S/C15H21BrClN3/c16-13-10-19-15(8-14(13)17)18-9-11-3-4-12(7-11)20-5-1-2-6-20/h8,10-12H,1-7,9H2,(H,18,19). The molecule has 3 nitrogen and oxygen atoms in total. The lowest BCUT2D eigenvalue weighted by Crippen LogP contribution is -2.30. The Bertz CT molecular complexity index is 462. The molecule has 3 rings (SSSR count). The first-order valence-electron chi connectivity index (χ1n) is 7.51. The molecular formula is C15H21BrClN3. The monoisotopic (exact) mass is 357 g/mol. The van der Waals surface area contributed by atoms with Crippen LogP contribution in [-0.4, -0.2) is 35.6 Å². The second-order valence-electron chi connectivity index (χ2n) is 5.94. The van der Waals surface area contributed by atoms with Crippen molar-refractivity contribution >= 4 is 33.3 Å². The van der Waals surface area contributed by atoms with Crippen molar-refractivity contribution < 1.29 is 0 Å². The predicted molar refractivity (Wildman–Crippen MR) is 87.4 cm³/mol. The van der Waals surface area contributed by atoms with Crippen LogP contribution in [0.4, 0.5) is 5.82 Å². The van der Waals surface area contributed by atoms with Crippen LogP contribution in [0.1, 0.15) is 32.1 Å². The Balaban J connectivity index is 1.48. The molecule has 0 amide bonds. The number of anilines is 1. The maximum atomic E-state index is 6.08. The molecule has 2 heterocycles. The van der Waals surface area contributed by atoms with E-state index in [9.17, 15) is 0 Å². The van der Waals surface area contributed by atoms with Gasteiger partial charge in [-0.2, -0.15) is 0 Å². The summed E-state index contributed by atoms with van der Waals surface area (Å²) >= 11 is 9.45. The summed E-state index contributed by atoms with van der Waals surface area (Å²) in [6, 6.07) is 2.71. The number of nitrogens with zero attached hydrogens (tertiary/aromatic N) is 2. The average Bonchev–Trinajstić information content (AvgIpc) is 3.09. The van der Waals surface area contributed by atoms with E-state index in [1.165, 1.54) is 45.2 Å². The summed E-state index contributed by atoms with van der Waals surface area (Å²) in [5, 5.41) is 4.14. The fraction of sp³-hybridized carbons (Fsp3) is 0.667. The maximum Gasteiger partial charge on any atom is 0.127 e. The molecule has 0 radical (unpaired) electrons. The van der Waals surface area contributed by atoms with E-state index in [0.29, 0.717) is 5.02 Å². The second-order valence-corrected chi connectivity index (χ2v) is 7.20. The third-order valence-electron chi connectivity index (χ3n) is 4.55. The van der Waals surface area contributed by atoms with Gasteiger partial charge in [-0.25, -0.2) is 4.98 Å². The van der Waals surface area contributed by atoms with Crippen molar-refractivity contribution in [3.63, 3.8) is 0 Å². The SMILES string of the molecule is Clc1cc(NCC2CCC(N3CCCC3)C2)ncc1Br. The zero-order valence-electron chi connectivity index (χ0n) is 11.6. The van der Waals surface area contributed by atoms with Crippen LogP contribution in [0.2, 0.25) is 5.02 Å². The van der Waals surface area contributed by atoms with Gasteiger partial charge in [0.2, 0.25) is 0 Å². The molecule has 1 aliphatic heterocycles. The number of nitrogens with one attached hydrogen (secondary N) is 1. The van der Waals surface area contributed by atoms with Crippen molar-refractivity contribution in [3.05, 3.63) is 21.8 Å². The fourth-order valence-electron chi connectivity index (χ4n) is 3.43. The first kappa shape index (κ1) is 14.6. The van der Waals surface area contributed by atoms with Gasteiger partial charge in [-0.15, -0.1) is 0 Å². The minimum atomic E-state index is 0.712. The molecule has 1 saturated heterocycles. The van der Waals surface area contributed by atoms with Crippen LogP contribution in [0.3, 0.4) is 0 Å². The van der Waals surface area contributed by atoms with Gasteiger partial charge < -0.3 is 10.2 Å². The average molecular weight is 359 g/mol. The van der Waals surface area contributed by atoms with Crippen LogP contribution in [0, 0.1) is 5.92 Å². The molecule has 0 bridgehead atoms. The fourth-order valence-corrected chi connectivity index (χ4v) is 3.80. The van der Waals surface area contributed by atoms with Gasteiger partial charge in [0.25, 0.3) is 0 Å². The van der Waals surface area contributed by atoms with Gasteiger partial charge in [0, 0.05) is 24.8 Å². The third kappa shape index (κ3) is 3.46. The molecule has 0 spiro atoms. The Morgan fingerprint density at radius 2 is 2.15 bits per heavy atom. The van der Waals surface area contributed by atoms with Crippen molar-refractivity contribution in [1.29, 1.82) is 0 Å². The molecule has 1 aromatic rings. The van der Waals surface area contributed by atoms with Crippen molar-refractivity contribution in [2.75, 3.05) is 25.0 Å². The first-order valence-corrected chi connectivity index (χ1v) is 8.68. The Morgan fingerprint density at radius 1 is 1.35 bits per heavy atom. The summed E-state index contributed by atoms with van der Waals surface area (Å²) in [6.45, 7) is 3.64. The number of hydrogen-bond donors (Lipinski definition) is 1. The highest BCUT2D eigenvalue weighted by Gasteiger charge is 2.30. The molecule has 2 fully saturated rings. The molecular weight excluding hydrogens is 338 g/mol. The molecule has 1 aromatic heterocycles. The van der Waals surface area contributed by atoms with Crippen LogP contribution in [-0.2, 0) is 0 Å². The van der Waals surface area contributed by atoms with Gasteiger partial charge >= 0.3 is 0 Å². The maximum absolute atomic E-state index is 6.08. The van der Waals surface area contributed by atoms with Crippen LogP contribution in [0.5, 0.6) is 0 Å². The quantitative estimate of drug-likeness (QED) is 0.875. The first-order chi connectivity index (χ1) is 9.72. The van der Waals surface area contributed by atoms with Gasteiger partial charge in [-0.1, -0.05) is 11.6 Å². The molecule has 2 unspecified atom stereocenters. The molecule has 2 aliphatic rings. The van der Waals surface area contributed by atoms with Crippen molar-refractivity contribution in [1.82, 2.24) is 9.88 Å². The summed E-state index contributed by atoms with van der Waals surface area (Å²) in [5.74, 6) is 1.65. The highest BCUT2D eigenvalue weighted by molar-refractivity contribution is 9.10. The topological polar surface area (TPSA) is 28.2 Å². The zero-order chi connectivity index (χ0) is 13.9. The molecule has 1 aliphatic carbocycles. The summed E-state index contributed by atoms with van der Waals surface area (Å²) in [6.07, 6.45) is 8.56. The third-order valence-corrected chi connectivity index (χ3v) is 5.72. The lowest BCUT2D eigenvalue weighted by Gasteiger charge is -2.23. The Hall–Kier alpha value is -0.320. The summed E-state index contributed by atoms with van der Waals surface area (Å²) in [5.41, 5.74) is 0. The Morgan fingerprint density at radius 3 is 2.90 bits per heavy atom. The lowest BCUT2D eigenvalue weighted by atomic mass is 10.1. The van der Waals surface area contributed by atoms with Gasteiger partial charge in [-0.3, -0.25) is 0 Å². The molecule has 1 N–H and O–H groups in total. The van der Waals surface area contributed by atoms with E-state index in [4.69, 9.17) is 11.6 Å². The Kier molecular flexibility index (Phi) is 4.84. The van der Waals surface area contributed by atoms with Gasteiger partial charge in [0.1, 0.15) is 5.82 Å². The largest absolute Gasteiger partial charge is 0.370 e. The number of aromatic nitrogens is 1. The molecule has 1 saturated carbocycles. The van der Waals surface area contributed by atoms with E-state index < -0.39 is 0 Å². The second kappa shape index (κ2) is 6.63. The number of rotatable bonds is 4. The molecule has 110 valence electrons. The summed E-state index contributed by atoms with van der Waals surface area (Å²) in [7, 11) is 0. The van der Waals surface area contributed by atoms with E-state index in [0.717, 1.165) is 28.8 Å². The minimum Gasteiger partial charge on any atom is -0.370 e. The van der Waals surface area contributed by atoms with E-state index in [-0.39, 0.29) is 0 Å². The van der Waals surface area contributed by atoms with Crippen LogP contribution < -0.4 is 5.32 Å². The van der Waals surface area contributed by atoms with Crippen LogP contribution in [0.25, 0.3) is 0 Å². The van der Waals surface area contributed by atoms with E-state index >= 15 is 0 Å². The van der Waals surface area contributed by atoms with Crippen LogP contribution >= 0.6 is 27.5 Å². The van der Waals surface area contributed by atoms with Crippen molar-refractivity contribution in [2.45, 2.75) is 38.1 Å². The number of pyridine rings is 1. The van der Waals surface area contributed by atoms with Gasteiger partial charge in [0.05, 0.1) is 9.50 Å². The lowest BCUT2D eigenvalue weighted by molar-refractivity contribution is 0.241. The highest BCUT2D eigenvalue weighted by atomic mass is 79.9. The van der Waals surface area contributed by atoms with Gasteiger partial charge in [-0.05, 0) is 67.0 Å². The molecule has 5 heteroatoms. The van der Waals surface area contributed by atoms with Crippen LogP contribution in [0.15, 0.2) is 16.7 Å². The van der Waals surface area contributed by atoms with E-state index in [1.54, 1.807) is 6.20 Å². The minimum absolute atomic E-state index is 0.712. The number of halogens is 2. The summed E-state index contributed by atoms with van der Waals surface area (Å²) < 4.78 is 0.847.